The Kier molecular flexibility index (Phi) is 3.24. The van der Waals surface area contributed by atoms with Crippen molar-refractivity contribution < 1.29 is 5.11 Å². The van der Waals surface area contributed by atoms with Crippen LogP contribution in [0.4, 0.5) is 0 Å². The number of hydrogen-bond donors (Lipinski definition) is 2. The lowest BCUT2D eigenvalue weighted by atomic mass is 10.0. The summed E-state index contributed by atoms with van der Waals surface area (Å²) in [5, 5.41) is 10.4. The summed E-state index contributed by atoms with van der Waals surface area (Å²) in [6.07, 6.45) is 3.45. The van der Waals surface area contributed by atoms with Gasteiger partial charge in [-0.25, -0.2) is 0 Å². The van der Waals surface area contributed by atoms with Crippen molar-refractivity contribution in [1.82, 2.24) is 0 Å². The second kappa shape index (κ2) is 4.32. The Morgan fingerprint density at radius 3 is 2.80 bits per heavy atom. The molecule has 3 N–H and O–H groups in total. The molecule has 1 atom stereocenters. The van der Waals surface area contributed by atoms with Gasteiger partial charge in [0.1, 0.15) is 5.75 Å². The number of nitrogens with two attached hydrogens (primary N) is 1. The van der Waals surface area contributed by atoms with Crippen LogP contribution in [0.5, 0.6) is 5.75 Å². The first kappa shape index (κ1) is 11.2. The lowest BCUT2D eigenvalue weighted by Gasteiger charge is -2.14. The predicted molar refractivity (Wildman–Crippen MR) is 65.1 cm³/mol. The summed E-state index contributed by atoms with van der Waals surface area (Å²) in [4.78, 5) is 0. The van der Waals surface area contributed by atoms with E-state index in [0.717, 1.165) is 17.9 Å². The first-order chi connectivity index (χ1) is 7.08. The molecule has 0 aliphatic heterocycles. The highest BCUT2D eigenvalue weighted by molar-refractivity contribution is 9.10. The molecule has 0 saturated heterocycles. The lowest BCUT2D eigenvalue weighted by molar-refractivity contribution is 0.452. The van der Waals surface area contributed by atoms with Crippen LogP contribution in [-0.2, 0) is 0 Å². The molecular formula is C11H13BrClNO. The first-order valence-electron chi connectivity index (χ1n) is 5.01. The highest BCUT2D eigenvalue weighted by atomic mass is 79.9. The van der Waals surface area contributed by atoms with Crippen LogP contribution in [-0.4, -0.2) is 5.11 Å². The van der Waals surface area contributed by atoms with Crippen molar-refractivity contribution in [2.45, 2.75) is 25.3 Å². The second-order valence-corrected chi connectivity index (χ2v) is 5.40. The number of halogens is 2. The maximum atomic E-state index is 9.84. The predicted octanol–water partition coefficient (Wildman–Crippen LogP) is 3.61. The number of hydrogen-bond acceptors (Lipinski definition) is 2. The van der Waals surface area contributed by atoms with E-state index in [0.29, 0.717) is 9.50 Å². The van der Waals surface area contributed by atoms with E-state index in [4.69, 9.17) is 17.3 Å². The second-order valence-electron chi connectivity index (χ2n) is 4.11. The Labute approximate surface area is 103 Å². The molecule has 2 nitrogen and oxygen atoms in total. The van der Waals surface area contributed by atoms with Gasteiger partial charge in [0.2, 0.25) is 0 Å². The minimum atomic E-state index is -0.118. The van der Waals surface area contributed by atoms with Gasteiger partial charge in [0.25, 0.3) is 0 Å². The van der Waals surface area contributed by atoms with Crippen LogP contribution < -0.4 is 5.73 Å². The fourth-order valence-corrected chi connectivity index (χ4v) is 2.54. The molecule has 82 valence electrons. The number of benzene rings is 1. The molecule has 1 fully saturated rings. The van der Waals surface area contributed by atoms with Crippen LogP contribution in [0.25, 0.3) is 0 Å². The maximum absolute atomic E-state index is 9.84. The molecular weight excluding hydrogens is 277 g/mol. The Morgan fingerprint density at radius 1 is 1.53 bits per heavy atom. The van der Waals surface area contributed by atoms with Crippen LogP contribution in [0, 0.1) is 5.92 Å². The summed E-state index contributed by atoms with van der Waals surface area (Å²) in [5.41, 5.74) is 6.77. The highest BCUT2D eigenvalue weighted by Gasteiger charge is 2.26. The van der Waals surface area contributed by atoms with E-state index >= 15 is 0 Å². The molecule has 0 radical (unpaired) electrons. The zero-order valence-electron chi connectivity index (χ0n) is 8.21. The Morgan fingerprint density at radius 2 is 2.20 bits per heavy atom. The van der Waals surface area contributed by atoms with Crippen molar-refractivity contribution in [2.75, 3.05) is 0 Å². The van der Waals surface area contributed by atoms with Gasteiger partial charge in [0.05, 0.1) is 4.47 Å². The minimum absolute atomic E-state index is 0.118. The van der Waals surface area contributed by atoms with E-state index in [1.165, 1.54) is 12.8 Å². The number of aromatic hydroxyl groups is 1. The van der Waals surface area contributed by atoms with Gasteiger partial charge < -0.3 is 10.8 Å². The largest absolute Gasteiger partial charge is 0.506 e. The van der Waals surface area contributed by atoms with Crippen molar-refractivity contribution in [1.29, 1.82) is 0 Å². The average Bonchev–Trinajstić information content (AvgIpc) is 2.94. The molecule has 1 aliphatic rings. The van der Waals surface area contributed by atoms with Crippen molar-refractivity contribution in [2.24, 2.45) is 11.7 Å². The van der Waals surface area contributed by atoms with E-state index in [2.05, 4.69) is 15.9 Å². The number of phenols is 1. The molecule has 0 unspecified atom stereocenters. The van der Waals surface area contributed by atoms with Crippen LogP contribution in [0.2, 0.25) is 5.02 Å². The van der Waals surface area contributed by atoms with Crippen molar-refractivity contribution in [3.8, 4) is 5.75 Å². The summed E-state index contributed by atoms with van der Waals surface area (Å²) < 4.78 is 0.608. The lowest BCUT2D eigenvalue weighted by Crippen LogP contribution is -2.11. The fourth-order valence-electron chi connectivity index (χ4n) is 1.71. The van der Waals surface area contributed by atoms with Crippen LogP contribution in [0.3, 0.4) is 0 Å². The Hall–Kier alpha value is -0.250. The zero-order chi connectivity index (χ0) is 11.0. The molecule has 1 saturated carbocycles. The van der Waals surface area contributed by atoms with Crippen molar-refractivity contribution >= 4 is 27.5 Å². The third kappa shape index (κ3) is 2.65. The highest BCUT2D eigenvalue weighted by Crippen LogP contribution is 2.41. The molecule has 0 aromatic heterocycles. The fraction of sp³-hybridized carbons (Fsp3) is 0.455. The van der Waals surface area contributed by atoms with Crippen LogP contribution in [0.1, 0.15) is 30.9 Å². The Bertz CT molecular complexity index is 379. The summed E-state index contributed by atoms with van der Waals surface area (Å²) in [6.45, 7) is 0. The SMILES string of the molecule is N[C@@H](CC1CC1)c1cc(Cl)cc(Br)c1O. The molecule has 2 rings (SSSR count). The topological polar surface area (TPSA) is 46.2 Å². The number of phenolic OH excluding ortho intramolecular Hbond substituents is 1. The van der Waals surface area contributed by atoms with E-state index in [9.17, 15) is 5.11 Å². The summed E-state index contributed by atoms with van der Waals surface area (Å²) >= 11 is 9.18. The summed E-state index contributed by atoms with van der Waals surface area (Å²) in [5.74, 6) is 0.949. The molecule has 0 bridgehead atoms. The van der Waals surface area contributed by atoms with E-state index < -0.39 is 0 Å². The third-order valence-corrected chi connectivity index (χ3v) is 3.56. The standard InChI is InChI=1S/C11H13BrClNO/c12-9-5-7(13)4-8(11(9)15)10(14)3-6-1-2-6/h4-6,10,15H,1-3,14H2/t10-/m0/s1. The van der Waals surface area contributed by atoms with E-state index in [1.54, 1.807) is 12.1 Å². The molecule has 15 heavy (non-hydrogen) atoms. The van der Waals surface area contributed by atoms with Gasteiger partial charge in [-0.1, -0.05) is 24.4 Å². The first-order valence-corrected chi connectivity index (χ1v) is 6.18. The van der Waals surface area contributed by atoms with Crippen molar-refractivity contribution in [3.05, 3.63) is 27.2 Å². The van der Waals surface area contributed by atoms with Gasteiger partial charge in [0.15, 0.2) is 0 Å². The molecule has 1 aromatic rings. The van der Waals surface area contributed by atoms with Crippen LogP contribution in [0.15, 0.2) is 16.6 Å². The quantitative estimate of drug-likeness (QED) is 0.893. The van der Waals surface area contributed by atoms with Crippen molar-refractivity contribution in [3.63, 3.8) is 0 Å². The Balaban J connectivity index is 2.24. The molecule has 1 aliphatic carbocycles. The van der Waals surface area contributed by atoms with Gasteiger partial charge in [-0.2, -0.15) is 0 Å². The average molecular weight is 291 g/mol. The minimum Gasteiger partial charge on any atom is -0.506 e. The van der Waals surface area contributed by atoms with Gasteiger partial charge in [-0.05, 0) is 40.4 Å². The maximum Gasteiger partial charge on any atom is 0.134 e. The molecule has 0 spiro atoms. The third-order valence-electron chi connectivity index (χ3n) is 2.74. The van der Waals surface area contributed by atoms with Crippen LogP contribution >= 0.6 is 27.5 Å². The van der Waals surface area contributed by atoms with Gasteiger partial charge in [0, 0.05) is 16.6 Å². The molecule has 1 aromatic carbocycles. The summed E-state index contributed by atoms with van der Waals surface area (Å²) in [6, 6.07) is 3.30. The smallest absolute Gasteiger partial charge is 0.134 e. The monoisotopic (exact) mass is 289 g/mol. The van der Waals surface area contributed by atoms with E-state index in [-0.39, 0.29) is 11.8 Å². The van der Waals surface area contributed by atoms with E-state index in [1.807, 2.05) is 0 Å². The van der Waals surface area contributed by atoms with Gasteiger partial charge in [-0.15, -0.1) is 0 Å². The van der Waals surface area contributed by atoms with Gasteiger partial charge in [-0.3, -0.25) is 0 Å². The molecule has 4 heteroatoms. The molecule has 0 heterocycles. The number of rotatable bonds is 3. The summed E-state index contributed by atoms with van der Waals surface area (Å²) in [7, 11) is 0. The van der Waals surface area contributed by atoms with Gasteiger partial charge >= 0.3 is 0 Å². The normalized spacial score (nSPS) is 17.8. The zero-order valence-corrected chi connectivity index (χ0v) is 10.6. The molecule has 0 amide bonds.